The summed E-state index contributed by atoms with van der Waals surface area (Å²) in [6.45, 7) is 3.95. The summed E-state index contributed by atoms with van der Waals surface area (Å²) in [5.41, 5.74) is 4.67. The van der Waals surface area contributed by atoms with E-state index in [-0.39, 0.29) is 0 Å². The average molecular weight is 226 g/mol. The van der Waals surface area contributed by atoms with Gasteiger partial charge in [0.25, 0.3) is 0 Å². The fraction of sp³-hybridized carbons (Fsp3) is 0.250. The molecular weight excluding hydrogens is 208 g/mol. The quantitative estimate of drug-likeness (QED) is 0.839. The smallest absolute Gasteiger partial charge is 0.0762 e. The molecule has 0 bridgehead atoms. The van der Waals surface area contributed by atoms with Crippen molar-refractivity contribution in [2.24, 2.45) is 0 Å². The summed E-state index contributed by atoms with van der Waals surface area (Å²) in [6, 6.07) is 16.7. The molecule has 88 valence electrons. The Labute approximate surface area is 103 Å². The lowest BCUT2D eigenvalue weighted by Gasteiger charge is -2.08. The second kappa shape index (κ2) is 5.15. The maximum absolute atomic E-state index is 9.58. The second-order valence-electron chi connectivity index (χ2n) is 4.35. The number of hydrogen-bond acceptors (Lipinski definition) is 1. The molecule has 0 fully saturated rings. The van der Waals surface area contributed by atoms with Crippen molar-refractivity contribution in [3.63, 3.8) is 0 Å². The molecule has 0 aromatic heterocycles. The Kier molecular flexibility index (Phi) is 3.60. The normalized spacial score (nSPS) is 12.4. The van der Waals surface area contributed by atoms with E-state index in [1.54, 1.807) is 6.92 Å². The van der Waals surface area contributed by atoms with Crippen molar-refractivity contribution in [3.8, 4) is 11.1 Å². The fourth-order valence-electron chi connectivity index (χ4n) is 1.91. The standard InChI is InChI=1S/C16H18O/c1-3-13-7-9-14(10-8-13)16-6-4-5-15(11-16)12(2)17/h4-12,17H,3H2,1-2H3. The number of rotatable bonds is 3. The van der Waals surface area contributed by atoms with E-state index in [1.165, 1.54) is 11.1 Å². The van der Waals surface area contributed by atoms with Crippen molar-refractivity contribution >= 4 is 0 Å². The Morgan fingerprint density at radius 3 is 2.29 bits per heavy atom. The van der Waals surface area contributed by atoms with Crippen LogP contribution in [0.15, 0.2) is 48.5 Å². The summed E-state index contributed by atoms with van der Waals surface area (Å²) in [5, 5.41) is 9.58. The molecule has 0 aliphatic rings. The van der Waals surface area contributed by atoms with Crippen LogP contribution in [-0.2, 0) is 6.42 Å². The van der Waals surface area contributed by atoms with Crippen LogP contribution in [0.4, 0.5) is 0 Å². The van der Waals surface area contributed by atoms with Crippen LogP contribution in [-0.4, -0.2) is 5.11 Å². The van der Waals surface area contributed by atoms with Gasteiger partial charge < -0.3 is 5.11 Å². The van der Waals surface area contributed by atoms with Gasteiger partial charge in [0.15, 0.2) is 0 Å². The molecule has 0 saturated heterocycles. The molecule has 2 aromatic rings. The minimum atomic E-state index is -0.412. The molecule has 0 heterocycles. The Morgan fingerprint density at radius 2 is 1.71 bits per heavy atom. The van der Waals surface area contributed by atoms with Gasteiger partial charge >= 0.3 is 0 Å². The molecule has 17 heavy (non-hydrogen) atoms. The van der Waals surface area contributed by atoms with E-state index >= 15 is 0 Å². The summed E-state index contributed by atoms with van der Waals surface area (Å²) in [4.78, 5) is 0. The molecular formula is C16H18O. The van der Waals surface area contributed by atoms with Gasteiger partial charge in [-0.3, -0.25) is 0 Å². The summed E-state index contributed by atoms with van der Waals surface area (Å²) in [5.74, 6) is 0. The zero-order valence-corrected chi connectivity index (χ0v) is 10.4. The first-order valence-corrected chi connectivity index (χ1v) is 6.08. The van der Waals surface area contributed by atoms with Gasteiger partial charge in [-0.05, 0) is 41.7 Å². The molecule has 1 nitrogen and oxygen atoms in total. The predicted octanol–water partition coefficient (Wildman–Crippen LogP) is 3.97. The van der Waals surface area contributed by atoms with E-state index in [4.69, 9.17) is 0 Å². The highest BCUT2D eigenvalue weighted by atomic mass is 16.3. The van der Waals surface area contributed by atoms with Crippen LogP contribution in [0.25, 0.3) is 11.1 Å². The predicted molar refractivity (Wildman–Crippen MR) is 71.9 cm³/mol. The molecule has 2 rings (SSSR count). The number of aryl methyl sites for hydroxylation is 1. The van der Waals surface area contributed by atoms with Gasteiger partial charge in [0, 0.05) is 0 Å². The molecule has 2 aromatic carbocycles. The van der Waals surface area contributed by atoms with Crippen LogP contribution in [0.1, 0.15) is 31.1 Å². The SMILES string of the molecule is CCc1ccc(-c2cccc(C(C)O)c2)cc1. The van der Waals surface area contributed by atoms with Gasteiger partial charge in [-0.2, -0.15) is 0 Å². The van der Waals surface area contributed by atoms with Crippen molar-refractivity contribution in [1.82, 2.24) is 0 Å². The third-order valence-corrected chi connectivity index (χ3v) is 3.06. The third-order valence-electron chi connectivity index (χ3n) is 3.06. The zero-order valence-electron chi connectivity index (χ0n) is 10.4. The van der Waals surface area contributed by atoms with E-state index in [2.05, 4.69) is 37.3 Å². The molecule has 0 amide bonds. The van der Waals surface area contributed by atoms with Gasteiger partial charge in [-0.1, -0.05) is 49.4 Å². The first-order chi connectivity index (χ1) is 8.20. The Balaban J connectivity index is 2.35. The minimum Gasteiger partial charge on any atom is -0.389 e. The highest BCUT2D eigenvalue weighted by Gasteiger charge is 2.03. The Bertz CT molecular complexity index is 483. The maximum atomic E-state index is 9.58. The Morgan fingerprint density at radius 1 is 1.00 bits per heavy atom. The van der Waals surface area contributed by atoms with E-state index in [0.29, 0.717) is 0 Å². The molecule has 1 N–H and O–H groups in total. The minimum absolute atomic E-state index is 0.412. The highest BCUT2D eigenvalue weighted by molar-refractivity contribution is 5.64. The number of aliphatic hydroxyl groups is 1. The summed E-state index contributed by atoms with van der Waals surface area (Å²) < 4.78 is 0. The molecule has 0 spiro atoms. The molecule has 0 radical (unpaired) electrons. The summed E-state index contributed by atoms with van der Waals surface area (Å²) in [6.07, 6.45) is 0.651. The largest absolute Gasteiger partial charge is 0.389 e. The first kappa shape index (κ1) is 11.9. The van der Waals surface area contributed by atoms with Gasteiger partial charge in [0.1, 0.15) is 0 Å². The fourth-order valence-corrected chi connectivity index (χ4v) is 1.91. The maximum Gasteiger partial charge on any atom is 0.0762 e. The van der Waals surface area contributed by atoms with Crippen molar-refractivity contribution < 1.29 is 5.11 Å². The van der Waals surface area contributed by atoms with E-state index in [9.17, 15) is 5.11 Å². The van der Waals surface area contributed by atoms with Crippen molar-refractivity contribution in [1.29, 1.82) is 0 Å². The van der Waals surface area contributed by atoms with Gasteiger partial charge in [0.05, 0.1) is 6.10 Å². The van der Waals surface area contributed by atoms with E-state index in [0.717, 1.165) is 17.5 Å². The van der Waals surface area contributed by atoms with Crippen LogP contribution >= 0.6 is 0 Å². The lowest BCUT2D eigenvalue weighted by atomic mass is 10.00. The summed E-state index contributed by atoms with van der Waals surface area (Å²) in [7, 11) is 0. The van der Waals surface area contributed by atoms with Gasteiger partial charge in [-0.15, -0.1) is 0 Å². The van der Waals surface area contributed by atoms with E-state index in [1.807, 2.05) is 18.2 Å². The highest BCUT2D eigenvalue weighted by Crippen LogP contribution is 2.23. The van der Waals surface area contributed by atoms with Crippen molar-refractivity contribution in [3.05, 3.63) is 59.7 Å². The lowest BCUT2D eigenvalue weighted by molar-refractivity contribution is 0.199. The average Bonchev–Trinajstić information content (AvgIpc) is 2.39. The number of aliphatic hydroxyl groups excluding tert-OH is 1. The molecule has 1 atom stereocenters. The van der Waals surface area contributed by atoms with Crippen LogP contribution in [0.2, 0.25) is 0 Å². The van der Waals surface area contributed by atoms with Gasteiger partial charge in [0.2, 0.25) is 0 Å². The van der Waals surface area contributed by atoms with Crippen LogP contribution in [0, 0.1) is 0 Å². The van der Waals surface area contributed by atoms with E-state index < -0.39 is 6.10 Å². The second-order valence-corrected chi connectivity index (χ2v) is 4.35. The van der Waals surface area contributed by atoms with Crippen LogP contribution in [0.3, 0.4) is 0 Å². The number of benzene rings is 2. The first-order valence-electron chi connectivity index (χ1n) is 6.08. The van der Waals surface area contributed by atoms with Crippen LogP contribution in [0.5, 0.6) is 0 Å². The topological polar surface area (TPSA) is 20.2 Å². The van der Waals surface area contributed by atoms with Crippen LogP contribution < -0.4 is 0 Å². The molecule has 0 aliphatic heterocycles. The monoisotopic (exact) mass is 226 g/mol. The lowest BCUT2D eigenvalue weighted by Crippen LogP contribution is -1.91. The zero-order chi connectivity index (χ0) is 12.3. The van der Waals surface area contributed by atoms with Crippen molar-refractivity contribution in [2.45, 2.75) is 26.4 Å². The molecule has 1 heteroatoms. The number of hydrogen-bond donors (Lipinski definition) is 1. The summed E-state index contributed by atoms with van der Waals surface area (Å²) >= 11 is 0. The molecule has 0 aliphatic carbocycles. The third kappa shape index (κ3) is 2.75. The molecule has 1 unspecified atom stereocenters. The molecule has 0 saturated carbocycles. The van der Waals surface area contributed by atoms with Crippen molar-refractivity contribution in [2.75, 3.05) is 0 Å². The van der Waals surface area contributed by atoms with Gasteiger partial charge in [-0.25, -0.2) is 0 Å². The Hall–Kier alpha value is -1.60.